The van der Waals surface area contributed by atoms with Gasteiger partial charge in [-0.2, -0.15) is 0 Å². The third-order valence-corrected chi connectivity index (χ3v) is 2.90. The molecule has 0 saturated carbocycles. The molecular formula is C14H18N2. The zero-order valence-corrected chi connectivity index (χ0v) is 10.2. The maximum absolute atomic E-state index is 4.75. The van der Waals surface area contributed by atoms with Gasteiger partial charge < -0.3 is 0 Å². The number of benzene rings is 1. The third kappa shape index (κ3) is 1.92. The van der Waals surface area contributed by atoms with Gasteiger partial charge in [-0.1, -0.05) is 26.0 Å². The van der Waals surface area contributed by atoms with E-state index >= 15 is 0 Å². The van der Waals surface area contributed by atoms with E-state index in [2.05, 4.69) is 51.1 Å². The molecule has 0 saturated heterocycles. The second kappa shape index (κ2) is 4.20. The third-order valence-electron chi connectivity index (χ3n) is 2.90. The number of allylic oxidation sites excluding steroid dienone is 1. The van der Waals surface area contributed by atoms with E-state index in [1.807, 2.05) is 0 Å². The number of rotatable bonds is 3. The highest BCUT2D eigenvalue weighted by Crippen LogP contribution is 2.20. The topological polar surface area (TPSA) is 24.7 Å². The molecule has 0 bridgehead atoms. The van der Waals surface area contributed by atoms with Crippen molar-refractivity contribution in [3.05, 3.63) is 46.6 Å². The smallest absolute Gasteiger partial charge is 0.170 e. The molecule has 2 nitrogen and oxygen atoms in total. The summed E-state index contributed by atoms with van der Waals surface area (Å²) in [5.74, 6) is 0. The first-order valence-corrected chi connectivity index (χ1v) is 5.93. The summed E-state index contributed by atoms with van der Waals surface area (Å²) in [7, 11) is 0. The molecule has 1 aliphatic heterocycles. The van der Waals surface area contributed by atoms with Crippen molar-refractivity contribution in [3.8, 4) is 0 Å². The Kier molecular flexibility index (Phi) is 2.90. The molecule has 1 aromatic rings. The molecule has 1 unspecified atom stereocenters. The maximum atomic E-state index is 4.75. The summed E-state index contributed by atoms with van der Waals surface area (Å²) < 4.78 is 0. The van der Waals surface area contributed by atoms with Crippen molar-refractivity contribution in [2.45, 2.75) is 39.3 Å². The van der Waals surface area contributed by atoms with Gasteiger partial charge >= 0.3 is 0 Å². The Labute approximate surface area is 96.4 Å². The average molecular weight is 214 g/mol. The maximum Gasteiger partial charge on any atom is 0.170 e. The number of hydrogen-bond acceptors (Lipinski definition) is 2. The van der Waals surface area contributed by atoms with Gasteiger partial charge in [0.25, 0.3) is 0 Å². The molecule has 0 fully saturated rings. The van der Waals surface area contributed by atoms with E-state index in [0.717, 1.165) is 23.6 Å². The zero-order chi connectivity index (χ0) is 11.6. The Morgan fingerprint density at radius 3 is 2.62 bits per heavy atom. The van der Waals surface area contributed by atoms with Crippen LogP contribution in [0.4, 0.5) is 0 Å². The van der Waals surface area contributed by atoms with Crippen molar-refractivity contribution in [2.75, 3.05) is 0 Å². The Morgan fingerprint density at radius 2 is 1.94 bits per heavy atom. The molecule has 0 amide bonds. The molecule has 1 aromatic carbocycles. The van der Waals surface area contributed by atoms with Gasteiger partial charge in [0.05, 0.1) is 10.7 Å². The number of hydrogen-bond donors (Lipinski definition) is 0. The first kappa shape index (κ1) is 11.1. The summed E-state index contributed by atoms with van der Waals surface area (Å²) in [6.07, 6.45) is 6.22. The van der Waals surface area contributed by atoms with Crippen molar-refractivity contribution >= 4 is 0 Å². The van der Waals surface area contributed by atoms with Crippen LogP contribution < -0.4 is 10.7 Å². The fourth-order valence-electron chi connectivity index (χ4n) is 1.92. The summed E-state index contributed by atoms with van der Waals surface area (Å²) in [5, 5.41) is 2.05. The van der Waals surface area contributed by atoms with Crippen LogP contribution >= 0.6 is 0 Å². The molecule has 84 valence electrons. The molecule has 0 aliphatic carbocycles. The number of nitrogens with zero attached hydrogens (tertiary/aromatic N) is 2. The van der Waals surface area contributed by atoms with Gasteiger partial charge in [-0.15, -0.1) is 0 Å². The van der Waals surface area contributed by atoms with Gasteiger partial charge in [-0.3, -0.25) is 0 Å². The molecule has 0 radical (unpaired) electrons. The van der Waals surface area contributed by atoms with Gasteiger partial charge in [0.15, 0.2) is 5.66 Å². The SMILES string of the molecule is CCC=CC1(CC)N=c2ccc(C)cc2=N1. The van der Waals surface area contributed by atoms with Crippen LogP contribution in [-0.4, -0.2) is 5.66 Å². The first-order valence-electron chi connectivity index (χ1n) is 5.93. The van der Waals surface area contributed by atoms with Crippen molar-refractivity contribution in [1.82, 2.24) is 0 Å². The lowest BCUT2D eigenvalue weighted by molar-refractivity contribution is 0.535. The van der Waals surface area contributed by atoms with E-state index in [1.54, 1.807) is 0 Å². The monoisotopic (exact) mass is 214 g/mol. The van der Waals surface area contributed by atoms with Crippen LogP contribution in [0.5, 0.6) is 0 Å². The Bertz CT molecular complexity index is 528. The Hall–Kier alpha value is -1.44. The Morgan fingerprint density at radius 1 is 1.19 bits per heavy atom. The summed E-state index contributed by atoms with van der Waals surface area (Å²) in [4.78, 5) is 9.47. The van der Waals surface area contributed by atoms with Crippen LogP contribution in [0.1, 0.15) is 32.3 Å². The van der Waals surface area contributed by atoms with Gasteiger partial charge in [-0.25, -0.2) is 9.98 Å². The van der Waals surface area contributed by atoms with E-state index in [4.69, 9.17) is 9.98 Å². The predicted molar refractivity (Wildman–Crippen MR) is 65.9 cm³/mol. The summed E-state index contributed by atoms with van der Waals surface area (Å²) in [6, 6.07) is 6.26. The minimum Gasteiger partial charge on any atom is -0.249 e. The largest absolute Gasteiger partial charge is 0.249 e. The number of fused-ring (bicyclic) bond motifs is 1. The lowest BCUT2D eigenvalue weighted by Gasteiger charge is -2.15. The normalized spacial score (nSPS) is 22.9. The van der Waals surface area contributed by atoms with E-state index < -0.39 is 0 Å². The van der Waals surface area contributed by atoms with Crippen molar-refractivity contribution in [2.24, 2.45) is 9.98 Å². The molecule has 0 spiro atoms. The van der Waals surface area contributed by atoms with Gasteiger partial charge in [-0.05, 0) is 43.5 Å². The minimum atomic E-state index is -0.341. The molecule has 16 heavy (non-hydrogen) atoms. The van der Waals surface area contributed by atoms with Gasteiger partial charge in [0, 0.05) is 0 Å². The van der Waals surface area contributed by atoms with E-state index in [-0.39, 0.29) is 5.66 Å². The predicted octanol–water partition coefficient (Wildman–Crippen LogP) is 2.32. The van der Waals surface area contributed by atoms with Crippen LogP contribution in [0.2, 0.25) is 0 Å². The quantitative estimate of drug-likeness (QED) is 0.690. The van der Waals surface area contributed by atoms with Crippen molar-refractivity contribution in [1.29, 1.82) is 0 Å². The fraction of sp³-hybridized carbons (Fsp3) is 0.429. The fourth-order valence-corrected chi connectivity index (χ4v) is 1.92. The highest BCUT2D eigenvalue weighted by molar-refractivity contribution is 5.18. The highest BCUT2D eigenvalue weighted by Gasteiger charge is 2.25. The Balaban J connectivity index is 2.53. The minimum absolute atomic E-state index is 0.341. The van der Waals surface area contributed by atoms with E-state index in [0.29, 0.717) is 0 Å². The van der Waals surface area contributed by atoms with Crippen LogP contribution in [0.15, 0.2) is 40.3 Å². The second-order valence-electron chi connectivity index (χ2n) is 4.26. The highest BCUT2D eigenvalue weighted by atomic mass is 15.1. The van der Waals surface area contributed by atoms with Crippen LogP contribution in [0.3, 0.4) is 0 Å². The van der Waals surface area contributed by atoms with Crippen molar-refractivity contribution < 1.29 is 0 Å². The summed E-state index contributed by atoms with van der Waals surface area (Å²) in [6.45, 7) is 6.35. The van der Waals surface area contributed by atoms with Crippen LogP contribution in [0.25, 0.3) is 0 Å². The van der Waals surface area contributed by atoms with Gasteiger partial charge in [0.1, 0.15) is 0 Å². The second-order valence-corrected chi connectivity index (χ2v) is 4.26. The zero-order valence-electron chi connectivity index (χ0n) is 10.2. The lowest BCUT2D eigenvalue weighted by atomic mass is 10.1. The van der Waals surface area contributed by atoms with Crippen LogP contribution in [-0.2, 0) is 0 Å². The molecule has 0 aromatic heterocycles. The molecule has 0 N–H and O–H groups in total. The van der Waals surface area contributed by atoms with E-state index in [1.165, 1.54) is 5.56 Å². The van der Waals surface area contributed by atoms with Gasteiger partial charge in [0.2, 0.25) is 0 Å². The lowest BCUT2D eigenvalue weighted by Crippen LogP contribution is -2.20. The number of aryl methyl sites for hydroxylation is 1. The molecule has 1 atom stereocenters. The van der Waals surface area contributed by atoms with Crippen molar-refractivity contribution in [3.63, 3.8) is 0 Å². The van der Waals surface area contributed by atoms with Crippen LogP contribution in [0, 0.1) is 6.92 Å². The molecule has 2 heteroatoms. The molecule has 1 heterocycles. The average Bonchev–Trinajstić information content (AvgIpc) is 2.65. The first-order chi connectivity index (χ1) is 7.69. The summed E-state index contributed by atoms with van der Waals surface area (Å²) >= 11 is 0. The molecular weight excluding hydrogens is 196 g/mol. The van der Waals surface area contributed by atoms with E-state index in [9.17, 15) is 0 Å². The standard InChI is InChI=1S/C14H18N2/c1-4-6-9-14(5-2)15-12-8-7-11(3)10-13(12)16-14/h6-10H,4-5H2,1-3H3. The molecule has 1 aliphatic rings. The summed E-state index contributed by atoms with van der Waals surface area (Å²) in [5.41, 5.74) is 0.899. The molecule has 2 rings (SSSR count).